The molecular formula is C19H21N3O7. The number of urea groups is 1. The molecule has 2 N–H and O–H groups in total. The summed E-state index contributed by atoms with van der Waals surface area (Å²) in [5.41, 5.74) is 0.782. The molecule has 3 amide bonds. The van der Waals surface area contributed by atoms with Crippen molar-refractivity contribution in [3.8, 4) is 5.75 Å². The van der Waals surface area contributed by atoms with Gasteiger partial charge in [-0.15, -0.1) is 0 Å². The first-order valence-electron chi connectivity index (χ1n) is 9.06. The average molecular weight is 403 g/mol. The Kier molecular flexibility index (Phi) is 6.01. The Labute approximate surface area is 166 Å². The molecule has 2 aliphatic heterocycles. The van der Waals surface area contributed by atoms with Crippen LogP contribution in [0, 0.1) is 0 Å². The highest BCUT2D eigenvalue weighted by molar-refractivity contribution is 6.01. The van der Waals surface area contributed by atoms with E-state index < -0.39 is 24.0 Å². The Morgan fingerprint density at radius 3 is 2.76 bits per heavy atom. The molecule has 0 fully saturated rings. The minimum Gasteiger partial charge on any atom is -0.482 e. The topological polar surface area (TPSA) is 123 Å². The predicted molar refractivity (Wildman–Crippen MR) is 100 cm³/mol. The summed E-state index contributed by atoms with van der Waals surface area (Å²) in [4.78, 5) is 49.7. The summed E-state index contributed by atoms with van der Waals surface area (Å²) in [5, 5.41) is 5.02. The van der Waals surface area contributed by atoms with Gasteiger partial charge in [0.25, 0.3) is 5.91 Å². The SMILES string of the molecule is CCOC(=O)C1=C(COC(=O)CN2C(=O)COc3ccccc32)NC(=O)NC1C. The average Bonchev–Trinajstić information content (AvgIpc) is 2.68. The zero-order valence-corrected chi connectivity index (χ0v) is 16.0. The summed E-state index contributed by atoms with van der Waals surface area (Å²) in [6, 6.07) is 5.72. The van der Waals surface area contributed by atoms with Gasteiger partial charge in [-0.3, -0.25) is 14.5 Å². The normalized spacial score (nSPS) is 18.3. The summed E-state index contributed by atoms with van der Waals surface area (Å²) in [6.45, 7) is 2.59. The monoisotopic (exact) mass is 403 g/mol. The van der Waals surface area contributed by atoms with E-state index >= 15 is 0 Å². The quantitative estimate of drug-likeness (QED) is 0.662. The number of benzene rings is 1. The summed E-state index contributed by atoms with van der Waals surface area (Å²) < 4.78 is 15.6. The number of anilines is 1. The number of carbonyl (C=O) groups excluding carboxylic acids is 4. The molecule has 0 aromatic heterocycles. The Hall–Kier alpha value is -3.56. The number of fused-ring (bicyclic) bond motifs is 1. The van der Waals surface area contributed by atoms with E-state index in [2.05, 4.69) is 10.6 Å². The fraction of sp³-hybridized carbons (Fsp3) is 0.368. The number of amides is 3. The van der Waals surface area contributed by atoms with Crippen molar-refractivity contribution >= 4 is 29.6 Å². The van der Waals surface area contributed by atoms with Crippen LogP contribution in [0.3, 0.4) is 0 Å². The molecule has 0 bridgehead atoms. The van der Waals surface area contributed by atoms with Crippen LogP contribution in [0.2, 0.25) is 0 Å². The lowest BCUT2D eigenvalue weighted by Gasteiger charge is -2.29. The van der Waals surface area contributed by atoms with Crippen molar-refractivity contribution in [2.24, 2.45) is 0 Å². The maximum atomic E-state index is 12.4. The second kappa shape index (κ2) is 8.63. The van der Waals surface area contributed by atoms with Crippen LogP contribution in [-0.4, -0.2) is 56.3 Å². The molecule has 29 heavy (non-hydrogen) atoms. The van der Waals surface area contributed by atoms with E-state index in [1.807, 2.05) is 0 Å². The zero-order chi connectivity index (χ0) is 21.0. The summed E-state index contributed by atoms with van der Waals surface area (Å²) in [7, 11) is 0. The third kappa shape index (κ3) is 4.48. The van der Waals surface area contributed by atoms with Crippen LogP contribution in [0.15, 0.2) is 35.5 Å². The fourth-order valence-electron chi connectivity index (χ4n) is 3.05. The standard InChI is InChI=1S/C19H21N3O7/c1-3-27-18(25)17-11(2)20-19(26)21-12(17)9-29-16(24)8-22-13-6-4-5-7-14(13)28-10-15(22)23/h4-7,11H,3,8-10H2,1-2H3,(H2,20,21,26). The van der Waals surface area contributed by atoms with Crippen LogP contribution in [-0.2, 0) is 23.9 Å². The van der Waals surface area contributed by atoms with Crippen molar-refractivity contribution in [2.45, 2.75) is 19.9 Å². The van der Waals surface area contributed by atoms with Gasteiger partial charge in [0, 0.05) is 0 Å². The number of para-hydroxylation sites is 2. The molecule has 1 unspecified atom stereocenters. The van der Waals surface area contributed by atoms with E-state index in [1.54, 1.807) is 38.1 Å². The van der Waals surface area contributed by atoms with Crippen LogP contribution in [0.25, 0.3) is 0 Å². The van der Waals surface area contributed by atoms with Gasteiger partial charge in [-0.1, -0.05) is 12.1 Å². The summed E-state index contributed by atoms with van der Waals surface area (Å²) in [6.07, 6.45) is 0. The molecule has 10 heteroatoms. The molecule has 0 aliphatic carbocycles. The number of hydrogen-bond acceptors (Lipinski definition) is 7. The van der Waals surface area contributed by atoms with Crippen LogP contribution < -0.4 is 20.3 Å². The van der Waals surface area contributed by atoms with Crippen LogP contribution >= 0.6 is 0 Å². The van der Waals surface area contributed by atoms with Crippen LogP contribution in [0.1, 0.15) is 13.8 Å². The third-order valence-electron chi connectivity index (χ3n) is 4.34. The Bertz CT molecular complexity index is 880. The molecule has 10 nitrogen and oxygen atoms in total. The van der Waals surface area contributed by atoms with Crippen LogP contribution in [0.5, 0.6) is 5.75 Å². The summed E-state index contributed by atoms with van der Waals surface area (Å²) in [5.74, 6) is -1.20. The number of carbonyl (C=O) groups is 4. The molecule has 1 aromatic carbocycles. The van der Waals surface area contributed by atoms with E-state index in [4.69, 9.17) is 14.2 Å². The van der Waals surface area contributed by atoms with Gasteiger partial charge in [0.05, 0.1) is 29.6 Å². The van der Waals surface area contributed by atoms with E-state index in [-0.39, 0.29) is 43.5 Å². The molecule has 0 saturated heterocycles. The number of rotatable bonds is 6. The number of hydrogen-bond donors (Lipinski definition) is 2. The van der Waals surface area contributed by atoms with Crippen molar-refractivity contribution in [3.05, 3.63) is 35.5 Å². The Morgan fingerprint density at radius 1 is 1.24 bits per heavy atom. The van der Waals surface area contributed by atoms with Gasteiger partial charge in [0.2, 0.25) is 0 Å². The molecule has 1 atom stereocenters. The Morgan fingerprint density at radius 2 is 2.00 bits per heavy atom. The van der Waals surface area contributed by atoms with Crippen molar-refractivity contribution in [3.63, 3.8) is 0 Å². The molecular weight excluding hydrogens is 382 g/mol. The first-order chi connectivity index (χ1) is 13.9. The van der Waals surface area contributed by atoms with Crippen molar-refractivity contribution < 1.29 is 33.4 Å². The predicted octanol–water partition coefficient (Wildman–Crippen LogP) is 0.474. The molecule has 154 valence electrons. The van der Waals surface area contributed by atoms with Gasteiger partial charge >= 0.3 is 18.0 Å². The smallest absolute Gasteiger partial charge is 0.338 e. The molecule has 0 saturated carbocycles. The maximum absolute atomic E-state index is 12.4. The number of nitrogens with one attached hydrogen (secondary N) is 2. The number of ether oxygens (including phenoxy) is 3. The van der Waals surface area contributed by atoms with Gasteiger partial charge in [-0.2, -0.15) is 0 Å². The number of nitrogens with zero attached hydrogens (tertiary/aromatic N) is 1. The highest BCUT2D eigenvalue weighted by atomic mass is 16.5. The number of esters is 2. The van der Waals surface area contributed by atoms with Gasteiger partial charge in [0.15, 0.2) is 6.61 Å². The minimum atomic E-state index is -0.703. The minimum absolute atomic E-state index is 0.141. The lowest BCUT2D eigenvalue weighted by atomic mass is 10.0. The lowest BCUT2D eigenvalue weighted by molar-refractivity contribution is -0.143. The van der Waals surface area contributed by atoms with Crippen molar-refractivity contribution in [1.82, 2.24) is 10.6 Å². The lowest BCUT2D eigenvalue weighted by Crippen LogP contribution is -2.50. The first kappa shape index (κ1) is 20.2. The van der Waals surface area contributed by atoms with Crippen LogP contribution in [0.4, 0.5) is 10.5 Å². The maximum Gasteiger partial charge on any atom is 0.338 e. The molecule has 2 aliphatic rings. The largest absolute Gasteiger partial charge is 0.482 e. The molecule has 3 rings (SSSR count). The first-order valence-corrected chi connectivity index (χ1v) is 9.06. The second-order valence-corrected chi connectivity index (χ2v) is 6.33. The second-order valence-electron chi connectivity index (χ2n) is 6.33. The third-order valence-corrected chi connectivity index (χ3v) is 4.34. The fourth-order valence-corrected chi connectivity index (χ4v) is 3.05. The van der Waals surface area contributed by atoms with Gasteiger partial charge in [-0.05, 0) is 26.0 Å². The zero-order valence-electron chi connectivity index (χ0n) is 16.0. The van der Waals surface area contributed by atoms with Gasteiger partial charge in [0.1, 0.15) is 18.9 Å². The van der Waals surface area contributed by atoms with E-state index in [0.717, 1.165) is 0 Å². The molecule has 2 heterocycles. The van der Waals surface area contributed by atoms with Gasteiger partial charge in [-0.25, -0.2) is 9.59 Å². The van der Waals surface area contributed by atoms with Gasteiger partial charge < -0.3 is 24.8 Å². The molecule has 0 radical (unpaired) electrons. The van der Waals surface area contributed by atoms with E-state index in [0.29, 0.717) is 11.4 Å². The van der Waals surface area contributed by atoms with Crippen molar-refractivity contribution in [2.75, 3.05) is 31.3 Å². The van der Waals surface area contributed by atoms with E-state index in [9.17, 15) is 19.2 Å². The Balaban J connectivity index is 1.70. The summed E-state index contributed by atoms with van der Waals surface area (Å²) >= 11 is 0. The van der Waals surface area contributed by atoms with E-state index in [1.165, 1.54) is 4.90 Å². The molecule has 1 aromatic rings. The van der Waals surface area contributed by atoms with Crippen molar-refractivity contribution in [1.29, 1.82) is 0 Å². The molecule has 0 spiro atoms. The highest BCUT2D eigenvalue weighted by Gasteiger charge is 2.31. The highest BCUT2D eigenvalue weighted by Crippen LogP contribution is 2.31.